The van der Waals surface area contributed by atoms with E-state index in [1.165, 1.54) is 0 Å². The Hall–Kier alpha value is -2.63. The van der Waals surface area contributed by atoms with Crippen LogP contribution in [0.25, 0.3) is 11.5 Å². The number of pyridine rings is 1. The lowest BCUT2D eigenvalue weighted by atomic mass is 10.3. The first-order valence-corrected chi connectivity index (χ1v) is 6.82. The number of hydrogen-bond donors (Lipinski definition) is 1. The SMILES string of the molecule is Cc1[nH]cnc1-c1nccn1C[C@H](C)Oc1cccnc1. The second-order valence-corrected chi connectivity index (χ2v) is 4.90. The Morgan fingerprint density at radius 1 is 1.33 bits per heavy atom. The summed E-state index contributed by atoms with van der Waals surface area (Å²) in [7, 11) is 0. The van der Waals surface area contributed by atoms with Gasteiger partial charge in [0.25, 0.3) is 0 Å². The van der Waals surface area contributed by atoms with Crippen molar-refractivity contribution in [2.45, 2.75) is 26.5 Å². The molecule has 108 valence electrons. The van der Waals surface area contributed by atoms with Gasteiger partial charge in [-0.25, -0.2) is 9.97 Å². The summed E-state index contributed by atoms with van der Waals surface area (Å²) in [5, 5.41) is 0. The lowest BCUT2D eigenvalue weighted by Gasteiger charge is -2.16. The highest BCUT2D eigenvalue weighted by Gasteiger charge is 2.14. The van der Waals surface area contributed by atoms with Gasteiger partial charge < -0.3 is 14.3 Å². The van der Waals surface area contributed by atoms with E-state index < -0.39 is 0 Å². The number of aromatic amines is 1. The summed E-state index contributed by atoms with van der Waals surface area (Å²) < 4.78 is 7.90. The van der Waals surface area contributed by atoms with Gasteiger partial charge in [-0.2, -0.15) is 0 Å². The van der Waals surface area contributed by atoms with Gasteiger partial charge in [0.2, 0.25) is 0 Å². The van der Waals surface area contributed by atoms with E-state index in [2.05, 4.69) is 19.9 Å². The minimum absolute atomic E-state index is 0.00129. The van der Waals surface area contributed by atoms with Crippen LogP contribution >= 0.6 is 0 Å². The zero-order valence-electron chi connectivity index (χ0n) is 12.0. The fourth-order valence-electron chi connectivity index (χ4n) is 2.22. The molecule has 3 aromatic heterocycles. The topological polar surface area (TPSA) is 68.6 Å². The molecule has 0 fully saturated rings. The van der Waals surface area contributed by atoms with E-state index in [4.69, 9.17) is 4.74 Å². The van der Waals surface area contributed by atoms with Gasteiger partial charge >= 0.3 is 0 Å². The largest absolute Gasteiger partial charge is 0.487 e. The van der Waals surface area contributed by atoms with Crippen molar-refractivity contribution in [1.29, 1.82) is 0 Å². The van der Waals surface area contributed by atoms with Crippen LogP contribution in [0.15, 0.2) is 43.2 Å². The molecule has 21 heavy (non-hydrogen) atoms. The van der Waals surface area contributed by atoms with Gasteiger partial charge in [0.15, 0.2) is 5.82 Å². The molecule has 0 saturated heterocycles. The molecule has 1 N–H and O–H groups in total. The molecule has 0 unspecified atom stereocenters. The number of nitrogens with zero attached hydrogens (tertiary/aromatic N) is 4. The second-order valence-electron chi connectivity index (χ2n) is 4.90. The molecule has 1 atom stereocenters. The summed E-state index contributed by atoms with van der Waals surface area (Å²) in [5.41, 5.74) is 1.87. The van der Waals surface area contributed by atoms with Crippen LogP contribution in [0.3, 0.4) is 0 Å². The Morgan fingerprint density at radius 2 is 2.24 bits per heavy atom. The summed E-state index contributed by atoms with van der Waals surface area (Å²) in [5.74, 6) is 1.61. The van der Waals surface area contributed by atoms with Gasteiger partial charge in [-0.3, -0.25) is 4.98 Å². The van der Waals surface area contributed by atoms with Crippen LogP contribution in [0.2, 0.25) is 0 Å². The molecule has 0 amide bonds. The summed E-state index contributed by atoms with van der Waals surface area (Å²) in [6.45, 7) is 4.70. The zero-order valence-corrected chi connectivity index (χ0v) is 12.0. The van der Waals surface area contributed by atoms with Crippen molar-refractivity contribution in [3.05, 3.63) is 48.9 Å². The van der Waals surface area contributed by atoms with Crippen molar-refractivity contribution in [1.82, 2.24) is 24.5 Å². The molecular formula is C15H17N5O. The number of aryl methyl sites for hydroxylation is 1. The third-order valence-corrected chi connectivity index (χ3v) is 3.18. The van der Waals surface area contributed by atoms with E-state index in [0.717, 1.165) is 23.0 Å². The van der Waals surface area contributed by atoms with Crippen molar-refractivity contribution >= 4 is 0 Å². The van der Waals surface area contributed by atoms with E-state index in [1.807, 2.05) is 36.7 Å². The smallest absolute Gasteiger partial charge is 0.160 e. The number of imidazole rings is 2. The molecule has 3 aromatic rings. The lowest BCUT2D eigenvalue weighted by Crippen LogP contribution is -2.20. The van der Waals surface area contributed by atoms with Gasteiger partial charge in [-0.05, 0) is 26.0 Å². The van der Waals surface area contributed by atoms with Gasteiger partial charge in [-0.15, -0.1) is 0 Å². The van der Waals surface area contributed by atoms with Crippen molar-refractivity contribution < 1.29 is 4.74 Å². The fraction of sp³-hybridized carbons (Fsp3) is 0.267. The van der Waals surface area contributed by atoms with E-state index in [0.29, 0.717) is 6.54 Å². The molecule has 0 aliphatic heterocycles. The van der Waals surface area contributed by atoms with Crippen LogP contribution in [-0.4, -0.2) is 30.6 Å². The molecule has 0 aromatic carbocycles. The number of aromatic nitrogens is 5. The molecule has 0 aliphatic carbocycles. The van der Waals surface area contributed by atoms with E-state index in [-0.39, 0.29) is 6.10 Å². The highest BCUT2D eigenvalue weighted by molar-refractivity contribution is 5.52. The Labute approximate surface area is 122 Å². The number of rotatable bonds is 5. The summed E-state index contributed by atoms with van der Waals surface area (Å²) in [6, 6.07) is 3.76. The van der Waals surface area contributed by atoms with Gasteiger partial charge in [0.1, 0.15) is 17.5 Å². The van der Waals surface area contributed by atoms with Crippen molar-refractivity contribution in [3.63, 3.8) is 0 Å². The van der Waals surface area contributed by atoms with Crippen LogP contribution in [0.5, 0.6) is 5.75 Å². The van der Waals surface area contributed by atoms with Crippen LogP contribution in [0, 0.1) is 6.92 Å². The zero-order chi connectivity index (χ0) is 14.7. The third-order valence-electron chi connectivity index (χ3n) is 3.18. The fourth-order valence-corrected chi connectivity index (χ4v) is 2.22. The molecule has 0 spiro atoms. The molecule has 3 rings (SSSR count). The van der Waals surface area contributed by atoms with Crippen molar-refractivity contribution in [2.24, 2.45) is 0 Å². The number of H-pyrrole nitrogens is 1. The van der Waals surface area contributed by atoms with E-state index in [1.54, 1.807) is 24.9 Å². The predicted molar refractivity (Wildman–Crippen MR) is 78.9 cm³/mol. The first kappa shape index (κ1) is 13.4. The summed E-state index contributed by atoms with van der Waals surface area (Å²) in [4.78, 5) is 15.8. The number of hydrogen-bond acceptors (Lipinski definition) is 4. The van der Waals surface area contributed by atoms with Crippen molar-refractivity contribution in [2.75, 3.05) is 0 Å². The Kier molecular flexibility index (Phi) is 3.68. The minimum Gasteiger partial charge on any atom is -0.487 e. The molecule has 0 bridgehead atoms. The van der Waals surface area contributed by atoms with Crippen molar-refractivity contribution in [3.8, 4) is 17.3 Å². The van der Waals surface area contributed by atoms with Gasteiger partial charge in [-0.1, -0.05) is 0 Å². The number of ether oxygens (including phenoxy) is 1. The standard InChI is InChI=1S/C15H17N5O/c1-11(21-13-4-3-5-16-8-13)9-20-7-6-17-15(20)14-12(2)18-10-19-14/h3-8,10-11H,9H2,1-2H3,(H,18,19)/t11-/m0/s1. The van der Waals surface area contributed by atoms with Crippen LogP contribution in [0.4, 0.5) is 0 Å². The van der Waals surface area contributed by atoms with E-state index >= 15 is 0 Å². The Bertz CT molecular complexity index is 704. The van der Waals surface area contributed by atoms with Crippen LogP contribution < -0.4 is 4.74 Å². The Balaban J connectivity index is 1.74. The predicted octanol–water partition coefficient (Wildman–Crippen LogP) is 2.44. The molecule has 0 aliphatic rings. The molecule has 0 saturated carbocycles. The highest BCUT2D eigenvalue weighted by atomic mass is 16.5. The van der Waals surface area contributed by atoms with Gasteiger partial charge in [0.05, 0.1) is 19.1 Å². The average molecular weight is 283 g/mol. The highest BCUT2D eigenvalue weighted by Crippen LogP contribution is 2.19. The molecule has 3 heterocycles. The van der Waals surface area contributed by atoms with Crippen LogP contribution in [-0.2, 0) is 6.54 Å². The summed E-state index contributed by atoms with van der Waals surface area (Å²) >= 11 is 0. The maximum absolute atomic E-state index is 5.85. The third kappa shape index (κ3) is 2.94. The molecular weight excluding hydrogens is 266 g/mol. The number of nitrogens with one attached hydrogen (secondary N) is 1. The van der Waals surface area contributed by atoms with Gasteiger partial charge in [0, 0.05) is 24.3 Å². The maximum Gasteiger partial charge on any atom is 0.160 e. The normalized spacial score (nSPS) is 12.3. The second kappa shape index (κ2) is 5.78. The first-order valence-electron chi connectivity index (χ1n) is 6.82. The maximum atomic E-state index is 5.85. The first-order chi connectivity index (χ1) is 10.2. The monoisotopic (exact) mass is 283 g/mol. The van der Waals surface area contributed by atoms with Crippen LogP contribution in [0.1, 0.15) is 12.6 Å². The molecule has 6 heteroatoms. The molecule has 0 radical (unpaired) electrons. The molecule has 6 nitrogen and oxygen atoms in total. The average Bonchev–Trinajstić information content (AvgIpc) is 3.08. The minimum atomic E-state index is 0.00129. The quantitative estimate of drug-likeness (QED) is 0.781. The lowest BCUT2D eigenvalue weighted by molar-refractivity contribution is 0.199. The van der Waals surface area contributed by atoms with E-state index in [9.17, 15) is 0 Å². The Morgan fingerprint density at radius 3 is 2.95 bits per heavy atom. The summed E-state index contributed by atoms with van der Waals surface area (Å²) in [6.07, 6.45) is 8.84.